The van der Waals surface area contributed by atoms with Crippen LogP contribution in [0.1, 0.15) is 61.4 Å². The fourth-order valence-electron chi connectivity index (χ4n) is 3.70. The average Bonchev–Trinajstić information content (AvgIpc) is 2.89. The van der Waals surface area contributed by atoms with Crippen molar-refractivity contribution in [3.8, 4) is 0 Å². The van der Waals surface area contributed by atoms with E-state index in [1.54, 1.807) is 13.2 Å². The Morgan fingerprint density at radius 2 is 1.88 bits per heavy atom. The second-order valence-electron chi connectivity index (χ2n) is 6.64. The van der Waals surface area contributed by atoms with E-state index in [0.717, 1.165) is 42.6 Å². The Hall–Kier alpha value is -2.29. The summed E-state index contributed by atoms with van der Waals surface area (Å²) in [6.45, 7) is 6.30. The molecule has 0 amide bonds. The lowest BCUT2D eigenvalue weighted by atomic mass is 9.69. The number of ether oxygens (including phenoxy) is 1. The van der Waals surface area contributed by atoms with Crippen LogP contribution in [0.15, 0.2) is 60.4 Å². The third kappa shape index (κ3) is 4.41. The molecule has 0 aromatic heterocycles. The van der Waals surface area contributed by atoms with Gasteiger partial charge < -0.3 is 9.84 Å². The highest BCUT2D eigenvalue weighted by atomic mass is 16.5. The molecule has 3 heteroatoms. The molecule has 0 saturated heterocycles. The van der Waals surface area contributed by atoms with Crippen molar-refractivity contribution in [2.75, 3.05) is 7.11 Å². The van der Waals surface area contributed by atoms with Gasteiger partial charge in [0, 0.05) is 5.41 Å². The highest BCUT2D eigenvalue weighted by molar-refractivity contribution is 5.87. The molecule has 0 spiro atoms. The van der Waals surface area contributed by atoms with Gasteiger partial charge in [0.2, 0.25) is 0 Å². The fraction of sp³-hybridized carbons (Fsp3) is 0.409. The number of carbonyl (C=O) groups is 1. The van der Waals surface area contributed by atoms with E-state index >= 15 is 0 Å². The summed E-state index contributed by atoms with van der Waals surface area (Å²) in [5, 5.41) is 9.37. The van der Waals surface area contributed by atoms with Crippen LogP contribution in [0.3, 0.4) is 0 Å². The van der Waals surface area contributed by atoms with Gasteiger partial charge in [-0.05, 0) is 55.2 Å². The average molecular weight is 340 g/mol. The molecular formula is C22H28O3. The Bertz CT molecular complexity index is 674. The maximum atomic E-state index is 11.4. The first-order chi connectivity index (χ1) is 12.0. The summed E-state index contributed by atoms with van der Waals surface area (Å²) in [6.07, 6.45) is 12.6. The largest absolute Gasteiger partial charge is 0.497 e. The van der Waals surface area contributed by atoms with Crippen LogP contribution in [0.2, 0.25) is 0 Å². The molecule has 2 rings (SSSR count). The highest BCUT2D eigenvalue weighted by Gasteiger charge is 2.35. The van der Waals surface area contributed by atoms with Gasteiger partial charge >= 0.3 is 5.97 Å². The summed E-state index contributed by atoms with van der Waals surface area (Å²) in [7, 11) is 1.65. The minimum atomic E-state index is -0.887. The molecule has 1 N–H and O–H groups in total. The lowest BCUT2D eigenvalue weighted by Gasteiger charge is -2.35. The smallest absolute Gasteiger partial charge is 0.335 e. The minimum Gasteiger partial charge on any atom is -0.497 e. The zero-order valence-electron chi connectivity index (χ0n) is 15.3. The number of benzene rings is 1. The van der Waals surface area contributed by atoms with Crippen LogP contribution in [0.25, 0.3) is 0 Å². The van der Waals surface area contributed by atoms with Crippen molar-refractivity contribution >= 4 is 5.97 Å². The molecule has 0 bridgehead atoms. The Kier molecular flexibility index (Phi) is 6.63. The molecule has 1 saturated carbocycles. The molecule has 0 heterocycles. The van der Waals surface area contributed by atoms with Crippen molar-refractivity contribution in [2.45, 2.75) is 50.9 Å². The maximum Gasteiger partial charge on any atom is 0.335 e. The van der Waals surface area contributed by atoms with Gasteiger partial charge in [0.1, 0.15) is 5.76 Å². The SMILES string of the molecule is C=C(/C=C\C(=C/C)OC)C1(c2cccc(C(=O)O)c2)CCCCCC1. The van der Waals surface area contributed by atoms with Crippen LogP contribution in [0.5, 0.6) is 0 Å². The van der Waals surface area contributed by atoms with Crippen molar-refractivity contribution < 1.29 is 14.6 Å². The summed E-state index contributed by atoms with van der Waals surface area (Å²) in [4.78, 5) is 11.4. The topological polar surface area (TPSA) is 46.5 Å². The van der Waals surface area contributed by atoms with Gasteiger partial charge in [0.15, 0.2) is 0 Å². The number of rotatable bonds is 6. The van der Waals surface area contributed by atoms with Gasteiger partial charge in [-0.3, -0.25) is 0 Å². The van der Waals surface area contributed by atoms with Gasteiger partial charge in [0.25, 0.3) is 0 Å². The van der Waals surface area contributed by atoms with E-state index in [-0.39, 0.29) is 5.41 Å². The number of aromatic carboxylic acids is 1. The van der Waals surface area contributed by atoms with E-state index in [1.807, 2.05) is 43.4 Å². The molecule has 0 unspecified atom stereocenters. The number of carboxylic acids is 1. The van der Waals surface area contributed by atoms with E-state index in [2.05, 4.69) is 6.58 Å². The monoisotopic (exact) mass is 340 g/mol. The molecule has 25 heavy (non-hydrogen) atoms. The quantitative estimate of drug-likeness (QED) is 0.414. The Balaban J connectivity index is 2.45. The number of methoxy groups -OCH3 is 1. The summed E-state index contributed by atoms with van der Waals surface area (Å²) in [5.74, 6) is -0.0911. The summed E-state index contributed by atoms with van der Waals surface area (Å²) in [5.41, 5.74) is 2.21. The van der Waals surface area contributed by atoms with Gasteiger partial charge in [-0.2, -0.15) is 0 Å². The summed E-state index contributed by atoms with van der Waals surface area (Å²) < 4.78 is 5.31. The molecule has 0 aliphatic heterocycles. The first-order valence-corrected chi connectivity index (χ1v) is 8.95. The predicted molar refractivity (Wildman–Crippen MR) is 102 cm³/mol. The van der Waals surface area contributed by atoms with E-state index in [1.165, 1.54) is 12.8 Å². The maximum absolute atomic E-state index is 11.4. The lowest BCUT2D eigenvalue weighted by Crippen LogP contribution is -2.27. The number of allylic oxidation sites excluding steroid dienone is 4. The van der Waals surface area contributed by atoms with Gasteiger partial charge in [-0.15, -0.1) is 0 Å². The standard InChI is InChI=1S/C22H28O3/c1-4-20(25-3)13-12-17(2)22(14-7-5-6-8-15-22)19-11-9-10-18(16-19)21(23)24/h4,9-13,16H,2,5-8,14-15H2,1,3H3,(H,23,24)/b13-12-,20-4+. The third-order valence-corrected chi connectivity index (χ3v) is 5.20. The van der Waals surface area contributed by atoms with E-state index < -0.39 is 5.97 Å². The van der Waals surface area contributed by atoms with Gasteiger partial charge in [-0.25, -0.2) is 4.79 Å². The Morgan fingerprint density at radius 1 is 1.20 bits per heavy atom. The fourth-order valence-corrected chi connectivity index (χ4v) is 3.70. The van der Waals surface area contributed by atoms with Gasteiger partial charge in [0.05, 0.1) is 12.7 Å². The second kappa shape index (κ2) is 8.70. The second-order valence-corrected chi connectivity index (χ2v) is 6.64. The van der Waals surface area contributed by atoms with Crippen LogP contribution >= 0.6 is 0 Å². The van der Waals surface area contributed by atoms with E-state index in [0.29, 0.717) is 5.56 Å². The van der Waals surface area contributed by atoms with Crippen molar-refractivity contribution in [3.05, 3.63) is 71.5 Å². The molecule has 1 aromatic rings. The van der Waals surface area contributed by atoms with Crippen molar-refractivity contribution in [2.24, 2.45) is 0 Å². The van der Waals surface area contributed by atoms with Crippen LogP contribution < -0.4 is 0 Å². The first kappa shape index (κ1) is 19.0. The van der Waals surface area contributed by atoms with Crippen LogP contribution in [-0.4, -0.2) is 18.2 Å². The zero-order valence-corrected chi connectivity index (χ0v) is 15.3. The third-order valence-electron chi connectivity index (χ3n) is 5.20. The number of hydrogen-bond acceptors (Lipinski definition) is 2. The number of hydrogen-bond donors (Lipinski definition) is 1. The molecule has 0 atom stereocenters. The minimum absolute atomic E-state index is 0.203. The number of carboxylic acid groups (broad SMARTS) is 1. The molecule has 1 fully saturated rings. The molecule has 1 aliphatic carbocycles. The molecule has 1 aromatic carbocycles. The van der Waals surface area contributed by atoms with Crippen molar-refractivity contribution in [1.29, 1.82) is 0 Å². The Morgan fingerprint density at radius 3 is 2.44 bits per heavy atom. The van der Waals surface area contributed by atoms with E-state index in [9.17, 15) is 9.90 Å². The molecule has 134 valence electrons. The van der Waals surface area contributed by atoms with Crippen LogP contribution in [0.4, 0.5) is 0 Å². The van der Waals surface area contributed by atoms with Crippen molar-refractivity contribution in [1.82, 2.24) is 0 Å². The predicted octanol–water partition coefficient (Wildman–Crippen LogP) is 5.64. The summed E-state index contributed by atoms with van der Waals surface area (Å²) >= 11 is 0. The molecule has 3 nitrogen and oxygen atoms in total. The van der Waals surface area contributed by atoms with Crippen LogP contribution in [-0.2, 0) is 10.2 Å². The van der Waals surface area contributed by atoms with E-state index in [4.69, 9.17) is 4.74 Å². The first-order valence-electron chi connectivity index (χ1n) is 8.95. The van der Waals surface area contributed by atoms with Gasteiger partial charge in [-0.1, -0.05) is 50.5 Å². The lowest BCUT2D eigenvalue weighted by molar-refractivity contribution is 0.0696. The Labute approximate surface area is 150 Å². The normalized spacial score (nSPS) is 17.9. The summed E-state index contributed by atoms with van der Waals surface area (Å²) in [6, 6.07) is 7.36. The molecule has 1 aliphatic rings. The molecular weight excluding hydrogens is 312 g/mol. The highest BCUT2D eigenvalue weighted by Crippen LogP contribution is 2.44. The zero-order chi connectivity index (χ0) is 18.3. The van der Waals surface area contributed by atoms with Crippen molar-refractivity contribution in [3.63, 3.8) is 0 Å². The molecule has 0 radical (unpaired) electrons. The van der Waals surface area contributed by atoms with Crippen LogP contribution in [0, 0.1) is 0 Å².